The van der Waals surface area contributed by atoms with Crippen LogP contribution < -0.4 is 9.64 Å². The minimum Gasteiger partial charge on any atom is -0.388 e. The second-order valence-corrected chi connectivity index (χ2v) is 4.39. The Bertz CT molecular complexity index is 466. The Labute approximate surface area is 121 Å². The van der Waals surface area contributed by atoms with Gasteiger partial charge in [-0.15, -0.1) is 13.2 Å². The molecule has 0 atom stereocenters. The van der Waals surface area contributed by atoms with Crippen molar-refractivity contribution >= 4 is 11.9 Å². The number of ether oxygens (including phenoxy) is 1. The van der Waals surface area contributed by atoms with E-state index in [0.717, 1.165) is 18.7 Å². The summed E-state index contributed by atoms with van der Waals surface area (Å²) >= 11 is 0. The van der Waals surface area contributed by atoms with Crippen LogP contribution in [0, 0.1) is 0 Å². The number of halogens is 3. The van der Waals surface area contributed by atoms with Crippen molar-refractivity contribution in [1.82, 2.24) is 9.97 Å². The van der Waals surface area contributed by atoms with Gasteiger partial charge in [-0.3, -0.25) is 9.69 Å². The number of unbranched alkanes of at least 4 members (excludes halogenated alkanes) is 1. The molecule has 0 unspecified atom stereocenters. The molecule has 0 aromatic carbocycles. The zero-order valence-electron chi connectivity index (χ0n) is 12.0. The average Bonchev–Trinajstić information content (AvgIpc) is 2.38. The van der Waals surface area contributed by atoms with Crippen molar-refractivity contribution in [3.8, 4) is 5.88 Å². The summed E-state index contributed by atoms with van der Waals surface area (Å²) in [6.07, 6.45) is -1.20. The summed E-state index contributed by atoms with van der Waals surface area (Å²) in [4.78, 5) is 20.9. The number of aromatic nitrogens is 2. The molecule has 0 aliphatic rings. The van der Waals surface area contributed by atoms with Gasteiger partial charge in [-0.1, -0.05) is 20.3 Å². The van der Waals surface area contributed by atoms with Crippen LogP contribution >= 0.6 is 0 Å². The molecule has 0 radical (unpaired) electrons. The molecule has 0 saturated heterocycles. The van der Waals surface area contributed by atoms with E-state index in [1.807, 2.05) is 13.8 Å². The molecule has 0 spiro atoms. The molecular weight excluding hydrogens is 287 g/mol. The molecule has 0 N–H and O–H groups in total. The zero-order chi connectivity index (χ0) is 15.9. The first-order chi connectivity index (χ1) is 9.87. The number of carbonyl (C=O) groups excluding carboxylic acids is 1. The van der Waals surface area contributed by atoms with Crippen molar-refractivity contribution in [2.45, 2.75) is 45.9 Å². The lowest BCUT2D eigenvalue weighted by Crippen LogP contribution is -2.33. The molecule has 21 heavy (non-hydrogen) atoms. The highest BCUT2D eigenvalue weighted by Crippen LogP contribution is 2.22. The van der Waals surface area contributed by atoms with Crippen molar-refractivity contribution in [3.05, 3.63) is 12.3 Å². The van der Waals surface area contributed by atoms with Gasteiger partial charge in [0.05, 0.1) is 0 Å². The van der Waals surface area contributed by atoms with E-state index in [9.17, 15) is 18.0 Å². The van der Waals surface area contributed by atoms with Crippen LogP contribution in [0.3, 0.4) is 0 Å². The third kappa shape index (κ3) is 5.97. The Hall–Kier alpha value is -1.86. The van der Waals surface area contributed by atoms with Crippen molar-refractivity contribution in [3.63, 3.8) is 0 Å². The lowest BCUT2D eigenvalue weighted by molar-refractivity contribution is -0.276. The summed E-state index contributed by atoms with van der Waals surface area (Å²) in [5.41, 5.74) is 0. The largest absolute Gasteiger partial charge is 0.574 e. The number of nitrogens with zero attached hydrogens (tertiary/aromatic N) is 3. The number of alkyl halides is 3. The second kappa shape index (κ2) is 7.80. The summed E-state index contributed by atoms with van der Waals surface area (Å²) in [7, 11) is 0. The van der Waals surface area contributed by atoms with E-state index in [2.05, 4.69) is 14.7 Å². The van der Waals surface area contributed by atoms with Crippen LogP contribution in [0.2, 0.25) is 0 Å². The minimum absolute atomic E-state index is 0.0661. The first kappa shape index (κ1) is 17.2. The molecule has 5 nitrogen and oxygen atoms in total. The molecule has 1 rings (SSSR count). The molecule has 0 aliphatic carbocycles. The molecule has 8 heteroatoms. The summed E-state index contributed by atoms with van der Waals surface area (Å²) in [5.74, 6) is -0.906. The van der Waals surface area contributed by atoms with Crippen LogP contribution in [0.4, 0.5) is 19.1 Å². The third-order valence-corrected chi connectivity index (χ3v) is 2.58. The van der Waals surface area contributed by atoms with Crippen LogP contribution in [0.15, 0.2) is 12.3 Å². The predicted octanol–water partition coefficient (Wildman–Crippen LogP) is 3.31. The van der Waals surface area contributed by atoms with Gasteiger partial charge in [-0.2, -0.15) is 4.98 Å². The molecule has 0 saturated carbocycles. The van der Waals surface area contributed by atoms with E-state index >= 15 is 0 Å². The zero-order valence-corrected chi connectivity index (χ0v) is 12.0. The van der Waals surface area contributed by atoms with Gasteiger partial charge in [0.25, 0.3) is 0 Å². The van der Waals surface area contributed by atoms with Crippen LogP contribution in [-0.2, 0) is 4.79 Å². The van der Waals surface area contributed by atoms with E-state index < -0.39 is 12.2 Å². The smallest absolute Gasteiger partial charge is 0.388 e. The van der Waals surface area contributed by atoms with Gasteiger partial charge in [-0.05, 0) is 12.8 Å². The van der Waals surface area contributed by atoms with Gasteiger partial charge >= 0.3 is 6.36 Å². The molecule has 1 amide bonds. The Morgan fingerprint density at radius 1 is 1.33 bits per heavy atom. The molecule has 0 aliphatic heterocycles. The summed E-state index contributed by atoms with van der Waals surface area (Å²) in [5, 5.41) is 0. The lowest BCUT2D eigenvalue weighted by atomic mass is 10.2. The van der Waals surface area contributed by atoms with Gasteiger partial charge in [0.15, 0.2) is 0 Å². The monoisotopic (exact) mass is 305 g/mol. The van der Waals surface area contributed by atoms with Crippen molar-refractivity contribution in [1.29, 1.82) is 0 Å². The topological polar surface area (TPSA) is 55.3 Å². The minimum atomic E-state index is -4.83. The molecule has 0 bridgehead atoms. The maximum Gasteiger partial charge on any atom is 0.574 e. The predicted molar refractivity (Wildman–Crippen MR) is 70.9 cm³/mol. The Morgan fingerprint density at radius 2 is 2.05 bits per heavy atom. The molecule has 118 valence electrons. The summed E-state index contributed by atoms with van der Waals surface area (Å²) in [6.45, 7) is 4.16. The van der Waals surface area contributed by atoms with Gasteiger partial charge in [-0.25, -0.2) is 4.98 Å². The number of rotatable bonds is 7. The van der Waals surface area contributed by atoms with E-state index in [4.69, 9.17) is 0 Å². The molecular formula is C13H18F3N3O2. The van der Waals surface area contributed by atoms with Crippen LogP contribution in [0.5, 0.6) is 5.88 Å². The van der Waals surface area contributed by atoms with Gasteiger partial charge in [0, 0.05) is 25.2 Å². The number of amides is 1. The van der Waals surface area contributed by atoms with E-state index in [-0.39, 0.29) is 18.3 Å². The number of carbonyl (C=O) groups is 1. The highest BCUT2D eigenvalue weighted by atomic mass is 19.4. The van der Waals surface area contributed by atoms with Crippen molar-refractivity contribution in [2.75, 3.05) is 11.4 Å². The van der Waals surface area contributed by atoms with Crippen LogP contribution in [-0.4, -0.2) is 28.8 Å². The quantitative estimate of drug-likeness (QED) is 0.775. The van der Waals surface area contributed by atoms with Crippen molar-refractivity contribution in [2.24, 2.45) is 0 Å². The maximum atomic E-state index is 12.2. The molecule has 1 aromatic heterocycles. The van der Waals surface area contributed by atoms with Gasteiger partial charge in [0.2, 0.25) is 17.7 Å². The number of anilines is 1. The molecule has 1 heterocycles. The van der Waals surface area contributed by atoms with Crippen molar-refractivity contribution < 1.29 is 22.7 Å². The summed E-state index contributed by atoms with van der Waals surface area (Å²) < 4.78 is 40.3. The van der Waals surface area contributed by atoms with Gasteiger partial charge < -0.3 is 4.74 Å². The first-order valence-corrected chi connectivity index (χ1v) is 6.76. The highest BCUT2D eigenvalue weighted by Gasteiger charge is 2.32. The molecule has 1 aromatic rings. The number of hydrogen-bond donors (Lipinski definition) is 0. The van der Waals surface area contributed by atoms with Gasteiger partial charge in [0.1, 0.15) is 0 Å². The van der Waals surface area contributed by atoms with E-state index in [0.29, 0.717) is 19.4 Å². The first-order valence-electron chi connectivity index (χ1n) is 6.76. The fourth-order valence-electron chi connectivity index (χ4n) is 1.64. The van der Waals surface area contributed by atoms with E-state index in [1.54, 1.807) is 0 Å². The second-order valence-electron chi connectivity index (χ2n) is 4.39. The van der Waals surface area contributed by atoms with Crippen LogP contribution in [0.1, 0.15) is 39.5 Å². The SMILES string of the molecule is CCCCN(C(=O)CCC)c1nccc(OC(F)(F)F)n1. The lowest BCUT2D eigenvalue weighted by Gasteiger charge is -2.20. The third-order valence-electron chi connectivity index (χ3n) is 2.58. The highest BCUT2D eigenvalue weighted by molar-refractivity contribution is 5.91. The van der Waals surface area contributed by atoms with E-state index in [1.165, 1.54) is 4.90 Å². The molecule has 0 fully saturated rings. The Morgan fingerprint density at radius 3 is 2.62 bits per heavy atom. The standard InChI is InChI=1S/C13H18F3N3O2/c1-3-5-9-19(11(20)6-4-2)12-17-8-7-10(18-12)21-13(14,15)16/h7-8H,3-6,9H2,1-2H3. The summed E-state index contributed by atoms with van der Waals surface area (Å²) in [6, 6.07) is 0.999. The Balaban J connectivity index is 2.95. The maximum absolute atomic E-state index is 12.2. The average molecular weight is 305 g/mol. The fraction of sp³-hybridized carbons (Fsp3) is 0.615. The fourth-order valence-corrected chi connectivity index (χ4v) is 1.64. The van der Waals surface area contributed by atoms with Crippen LogP contribution in [0.25, 0.3) is 0 Å². The normalized spacial score (nSPS) is 11.3. The Kier molecular flexibility index (Phi) is 6.39. The number of hydrogen-bond acceptors (Lipinski definition) is 4.